The van der Waals surface area contributed by atoms with Crippen molar-refractivity contribution >= 4 is 5.70 Å². The molecule has 3 aliphatic heterocycles. The Balaban J connectivity index is 1.44. The number of nitrogens with one attached hydrogen (secondary N) is 4. The summed E-state index contributed by atoms with van der Waals surface area (Å²) in [6.07, 6.45) is 14.9. The molecule has 3 heterocycles. The third kappa shape index (κ3) is 5.02. The second-order valence-corrected chi connectivity index (χ2v) is 9.72. The Morgan fingerprint density at radius 3 is 2.11 bits per heavy atom. The van der Waals surface area contributed by atoms with Gasteiger partial charge in [0.25, 0.3) is 0 Å². The van der Waals surface area contributed by atoms with Gasteiger partial charge in [-0.2, -0.15) is 0 Å². The Morgan fingerprint density at radius 2 is 1.43 bits per heavy atom. The molecule has 4 atom stereocenters. The van der Waals surface area contributed by atoms with Crippen molar-refractivity contribution in [3.8, 4) is 0 Å². The smallest absolute Gasteiger partial charge is 0.0888 e. The van der Waals surface area contributed by atoms with E-state index in [4.69, 9.17) is 0 Å². The van der Waals surface area contributed by atoms with Gasteiger partial charge in [0.15, 0.2) is 0 Å². The van der Waals surface area contributed by atoms with E-state index in [9.17, 15) is 0 Å². The van der Waals surface area contributed by atoms with Gasteiger partial charge in [-0.25, -0.2) is 0 Å². The molecule has 0 aromatic heterocycles. The average Bonchev–Trinajstić information content (AvgIpc) is 2.99. The van der Waals surface area contributed by atoms with Crippen molar-refractivity contribution in [2.45, 2.75) is 24.5 Å². The molecule has 3 aromatic carbocycles. The van der Waals surface area contributed by atoms with Crippen LogP contribution in [-0.2, 0) is 0 Å². The van der Waals surface area contributed by atoms with Crippen molar-refractivity contribution in [1.82, 2.24) is 26.2 Å². The van der Waals surface area contributed by atoms with E-state index in [1.165, 1.54) is 27.8 Å². The Kier molecular flexibility index (Phi) is 6.74. The van der Waals surface area contributed by atoms with Gasteiger partial charge in [-0.05, 0) is 65.3 Å². The van der Waals surface area contributed by atoms with Crippen LogP contribution < -0.4 is 21.3 Å². The van der Waals surface area contributed by atoms with Crippen molar-refractivity contribution in [2.75, 3.05) is 13.6 Å². The molecular weight excluding hydrogens is 454 g/mol. The summed E-state index contributed by atoms with van der Waals surface area (Å²) in [5.74, 6) is 0. The summed E-state index contributed by atoms with van der Waals surface area (Å²) in [6.45, 7) is 0.841. The molecule has 3 aliphatic rings. The Bertz CT molecular complexity index is 1340. The fourth-order valence-electron chi connectivity index (χ4n) is 5.36. The van der Waals surface area contributed by atoms with Crippen LogP contribution in [0.4, 0.5) is 0 Å². The van der Waals surface area contributed by atoms with E-state index in [1.807, 2.05) is 12.3 Å². The molecule has 0 saturated carbocycles. The van der Waals surface area contributed by atoms with E-state index in [2.05, 4.69) is 142 Å². The van der Waals surface area contributed by atoms with E-state index >= 15 is 0 Å². The summed E-state index contributed by atoms with van der Waals surface area (Å²) >= 11 is 0. The number of nitrogens with zero attached hydrogens (tertiary/aromatic N) is 1. The zero-order chi connectivity index (χ0) is 25.0. The maximum Gasteiger partial charge on any atom is 0.0888 e. The molecule has 4 N–H and O–H groups in total. The molecule has 5 heteroatoms. The first-order valence-electron chi connectivity index (χ1n) is 13.0. The molecule has 4 unspecified atom stereocenters. The third-order valence-corrected chi connectivity index (χ3v) is 7.27. The van der Waals surface area contributed by atoms with Crippen LogP contribution in [0.2, 0.25) is 0 Å². The first-order chi connectivity index (χ1) is 18.3. The van der Waals surface area contributed by atoms with Gasteiger partial charge in [-0.15, -0.1) is 0 Å². The predicted octanol–water partition coefficient (Wildman–Crippen LogP) is 5.42. The molecule has 6 rings (SSSR count). The van der Waals surface area contributed by atoms with Gasteiger partial charge in [-0.3, -0.25) is 15.5 Å². The van der Waals surface area contributed by atoms with Crippen molar-refractivity contribution in [1.29, 1.82) is 0 Å². The molecule has 186 valence electrons. The molecule has 5 nitrogen and oxygen atoms in total. The van der Waals surface area contributed by atoms with Gasteiger partial charge in [0, 0.05) is 12.2 Å². The van der Waals surface area contributed by atoms with Crippen molar-refractivity contribution in [3.05, 3.63) is 149 Å². The highest BCUT2D eigenvalue weighted by molar-refractivity contribution is 5.68. The van der Waals surface area contributed by atoms with Crippen molar-refractivity contribution in [3.63, 3.8) is 0 Å². The molecule has 0 bridgehead atoms. The van der Waals surface area contributed by atoms with Crippen LogP contribution in [0.15, 0.2) is 122 Å². The maximum absolute atomic E-state index is 3.90. The molecule has 0 spiro atoms. The minimum absolute atomic E-state index is 0.00166. The van der Waals surface area contributed by atoms with Gasteiger partial charge in [-0.1, -0.05) is 91.0 Å². The van der Waals surface area contributed by atoms with Crippen molar-refractivity contribution < 1.29 is 0 Å². The minimum atomic E-state index is -0.00166. The van der Waals surface area contributed by atoms with Crippen LogP contribution in [-0.4, -0.2) is 18.5 Å². The van der Waals surface area contributed by atoms with E-state index in [0.29, 0.717) is 0 Å². The standard InChI is InChI=1S/C32H33N5/c1-37-31(24-14-6-3-7-15-24)35-30(23-12-4-2-5-13-23)36-32(37)27-21-25(28-16-8-10-18-33-28)20-26(22-27)29-17-9-11-19-34-29/h2-18,20-22,28,30-36H,19H2,1H3. The molecule has 3 aromatic rings. The Morgan fingerprint density at radius 1 is 0.730 bits per heavy atom. The Labute approximate surface area is 219 Å². The summed E-state index contributed by atoms with van der Waals surface area (Å²) in [4.78, 5) is 2.39. The molecular formula is C32H33N5. The number of dihydropyridines is 2. The van der Waals surface area contributed by atoms with Crippen molar-refractivity contribution in [2.24, 2.45) is 0 Å². The molecule has 1 saturated heterocycles. The predicted molar refractivity (Wildman–Crippen MR) is 151 cm³/mol. The van der Waals surface area contributed by atoms with Crippen LogP contribution in [0.1, 0.15) is 52.4 Å². The topological polar surface area (TPSA) is 51.4 Å². The molecule has 0 radical (unpaired) electrons. The lowest BCUT2D eigenvalue weighted by Crippen LogP contribution is -2.54. The summed E-state index contributed by atoms with van der Waals surface area (Å²) in [7, 11) is 2.19. The van der Waals surface area contributed by atoms with Crippen LogP contribution >= 0.6 is 0 Å². The van der Waals surface area contributed by atoms with E-state index in [0.717, 1.165) is 12.2 Å². The molecule has 1 fully saturated rings. The fraction of sp³-hybridized carbons (Fsp3) is 0.188. The first kappa shape index (κ1) is 23.5. The molecule has 0 aliphatic carbocycles. The number of hydrogen-bond donors (Lipinski definition) is 4. The Hall–Kier alpha value is -3.90. The van der Waals surface area contributed by atoms with Gasteiger partial charge in [0.2, 0.25) is 0 Å². The second-order valence-electron chi connectivity index (χ2n) is 9.72. The second kappa shape index (κ2) is 10.6. The van der Waals surface area contributed by atoms with Gasteiger partial charge >= 0.3 is 0 Å². The number of rotatable bonds is 5. The summed E-state index contributed by atoms with van der Waals surface area (Å²) < 4.78 is 0. The summed E-state index contributed by atoms with van der Waals surface area (Å²) in [6, 6.07) is 28.4. The highest BCUT2D eigenvalue weighted by atomic mass is 15.4. The summed E-state index contributed by atoms with van der Waals surface area (Å²) in [5.41, 5.74) is 7.30. The normalized spacial score (nSPS) is 25.3. The quantitative estimate of drug-likeness (QED) is 0.387. The van der Waals surface area contributed by atoms with Crippen LogP contribution in [0, 0.1) is 0 Å². The lowest BCUT2D eigenvalue weighted by molar-refractivity contribution is 0.0415. The number of hydrogen-bond acceptors (Lipinski definition) is 5. The number of benzene rings is 3. The summed E-state index contributed by atoms with van der Waals surface area (Å²) in [5, 5.41) is 14.8. The van der Waals surface area contributed by atoms with Gasteiger partial charge in [0.1, 0.15) is 0 Å². The minimum Gasteiger partial charge on any atom is -0.381 e. The fourth-order valence-corrected chi connectivity index (χ4v) is 5.36. The molecule has 0 amide bonds. The largest absolute Gasteiger partial charge is 0.381 e. The van der Waals surface area contributed by atoms with Crippen LogP contribution in [0.5, 0.6) is 0 Å². The zero-order valence-electron chi connectivity index (χ0n) is 21.0. The lowest BCUT2D eigenvalue weighted by Gasteiger charge is -2.46. The maximum atomic E-state index is 3.90. The van der Waals surface area contributed by atoms with Gasteiger partial charge in [0.05, 0.1) is 24.5 Å². The van der Waals surface area contributed by atoms with Gasteiger partial charge < -0.3 is 10.6 Å². The SMILES string of the molecule is CN1C(c2ccccc2)NC(c2ccccc2)NC1c1cc(C2=CC=CCN2)cc(C2C=CC=CN2)c1. The lowest BCUT2D eigenvalue weighted by atomic mass is 9.94. The van der Waals surface area contributed by atoms with E-state index in [1.54, 1.807) is 0 Å². The monoisotopic (exact) mass is 487 g/mol. The highest BCUT2D eigenvalue weighted by Gasteiger charge is 2.35. The number of allylic oxidation sites excluding steroid dienone is 4. The van der Waals surface area contributed by atoms with E-state index < -0.39 is 0 Å². The first-order valence-corrected chi connectivity index (χ1v) is 13.0. The van der Waals surface area contributed by atoms with Crippen LogP contribution in [0.3, 0.4) is 0 Å². The van der Waals surface area contributed by atoms with Crippen LogP contribution in [0.25, 0.3) is 5.70 Å². The zero-order valence-corrected chi connectivity index (χ0v) is 21.0. The average molecular weight is 488 g/mol. The third-order valence-electron chi connectivity index (χ3n) is 7.27. The highest BCUT2D eigenvalue weighted by Crippen LogP contribution is 2.36. The van der Waals surface area contributed by atoms with E-state index in [-0.39, 0.29) is 24.5 Å². The molecule has 37 heavy (non-hydrogen) atoms.